The van der Waals surface area contributed by atoms with Crippen LogP contribution in [-0.4, -0.2) is 59.2 Å². The highest BCUT2D eigenvalue weighted by Crippen LogP contribution is 2.36. The van der Waals surface area contributed by atoms with Gasteiger partial charge in [0.05, 0.1) is 20.9 Å². The fourth-order valence-corrected chi connectivity index (χ4v) is 4.90. The summed E-state index contributed by atoms with van der Waals surface area (Å²) < 4.78 is 64.6. The van der Waals surface area contributed by atoms with E-state index in [9.17, 15) is 22.2 Å². The van der Waals surface area contributed by atoms with Crippen LogP contribution < -0.4 is 10.4 Å². The molecule has 2 aliphatic heterocycles. The first-order valence-electron chi connectivity index (χ1n) is 9.27. The Labute approximate surface area is 169 Å². The maximum atomic E-state index is 12.4. The predicted molar refractivity (Wildman–Crippen MR) is 106 cm³/mol. The van der Waals surface area contributed by atoms with Crippen molar-refractivity contribution in [2.75, 3.05) is 29.5 Å². The molecule has 2 saturated heterocycles. The van der Waals surface area contributed by atoms with Crippen molar-refractivity contribution in [3.8, 4) is 0 Å². The molecule has 0 aromatic heterocycles. The number of rotatable bonds is 2. The molecular weight excluding hydrogens is 408 g/mol. The van der Waals surface area contributed by atoms with E-state index in [-0.39, 0.29) is 24.6 Å². The van der Waals surface area contributed by atoms with Gasteiger partial charge in [-0.05, 0) is 45.3 Å². The Morgan fingerprint density at radius 1 is 1.07 bits per heavy atom. The largest absolute Gasteiger partial charge is 0.494 e. The molecule has 160 valence electrons. The summed E-state index contributed by atoms with van der Waals surface area (Å²) in [5, 5.41) is 0. The molecule has 29 heavy (non-hydrogen) atoms. The average molecular weight is 432 g/mol. The van der Waals surface area contributed by atoms with Gasteiger partial charge < -0.3 is 14.2 Å². The van der Waals surface area contributed by atoms with Crippen LogP contribution in [0.3, 0.4) is 0 Å². The molecule has 6 nitrogen and oxygen atoms in total. The van der Waals surface area contributed by atoms with Gasteiger partial charge in [-0.3, -0.25) is 4.79 Å². The van der Waals surface area contributed by atoms with Crippen LogP contribution >= 0.6 is 0 Å². The molecule has 2 fully saturated rings. The van der Waals surface area contributed by atoms with Gasteiger partial charge in [0.25, 0.3) is 0 Å². The number of halogens is 3. The molecule has 0 N–H and O–H groups in total. The van der Waals surface area contributed by atoms with Gasteiger partial charge in [-0.25, -0.2) is 4.21 Å². The third-order valence-electron chi connectivity index (χ3n) is 5.64. The zero-order chi connectivity index (χ0) is 21.7. The lowest BCUT2D eigenvalue weighted by Crippen LogP contribution is -2.41. The number of nitrogens with zero attached hydrogens (tertiary/aromatic N) is 2. The number of anilines is 1. The average Bonchev–Trinajstić information content (AvgIpc) is 2.82. The molecule has 0 unspecified atom stereocenters. The first kappa shape index (κ1) is 22.1. The van der Waals surface area contributed by atoms with Gasteiger partial charge in [0.1, 0.15) is 0 Å². The fourth-order valence-electron chi connectivity index (χ4n) is 3.09. The minimum atomic E-state index is -5.09. The molecule has 0 saturated carbocycles. The Morgan fingerprint density at radius 2 is 1.55 bits per heavy atom. The molecule has 2 heterocycles. The summed E-state index contributed by atoms with van der Waals surface area (Å²) in [5.74, 6) is -2.45. The van der Waals surface area contributed by atoms with Gasteiger partial charge in [-0.15, -0.1) is 0 Å². The number of amides is 1. The summed E-state index contributed by atoms with van der Waals surface area (Å²) >= 11 is 0. The van der Waals surface area contributed by atoms with E-state index in [0.29, 0.717) is 0 Å². The molecular formula is C18H24BF3N2O4S. The van der Waals surface area contributed by atoms with Crippen LogP contribution in [0.15, 0.2) is 28.6 Å². The highest BCUT2D eigenvalue weighted by molar-refractivity contribution is 7.94. The molecule has 1 aromatic rings. The van der Waals surface area contributed by atoms with E-state index in [1.807, 2.05) is 56.9 Å². The second-order valence-corrected chi connectivity index (χ2v) is 10.8. The number of alkyl halides is 3. The number of hydrogen-bond donors (Lipinski definition) is 0. The van der Waals surface area contributed by atoms with Gasteiger partial charge in [-0.2, -0.15) is 17.5 Å². The summed E-state index contributed by atoms with van der Waals surface area (Å²) in [4.78, 5) is 12.9. The Kier molecular flexibility index (Phi) is 5.55. The van der Waals surface area contributed by atoms with E-state index in [2.05, 4.69) is 4.36 Å². The van der Waals surface area contributed by atoms with Gasteiger partial charge in [0.2, 0.25) is 0 Å². The highest BCUT2D eigenvalue weighted by atomic mass is 32.2. The van der Waals surface area contributed by atoms with E-state index in [4.69, 9.17) is 9.31 Å². The maximum absolute atomic E-state index is 12.4. The topological polar surface area (TPSA) is 68.2 Å². The Hall–Kier alpha value is -1.59. The number of carbonyl (C=O) groups is 1. The van der Waals surface area contributed by atoms with Crippen molar-refractivity contribution >= 4 is 33.9 Å². The summed E-state index contributed by atoms with van der Waals surface area (Å²) in [6.07, 6.45) is -5.09. The van der Waals surface area contributed by atoms with Crippen molar-refractivity contribution in [1.29, 1.82) is 0 Å². The van der Waals surface area contributed by atoms with E-state index in [1.165, 1.54) is 0 Å². The molecule has 2 aliphatic rings. The normalized spacial score (nSPS) is 23.1. The third-order valence-corrected chi connectivity index (χ3v) is 7.78. The monoisotopic (exact) mass is 432 g/mol. The minimum Gasteiger partial charge on any atom is -0.399 e. The van der Waals surface area contributed by atoms with Gasteiger partial charge >= 0.3 is 19.2 Å². The Morgan fingerprint density at radius 3 is 2.00 bits per heavy atom. The van der Waals surface area contributed by atoms with Crippen LogP contribution in [0.2, 0.25) is 0 Å². The zero-order valence-electron chi connectivity index (χ0n) is 16.8. The fraction of sp³-hybridized carbons (Fsp3) is 0.611. The van der Waals surface area contributed by atoms with Crippen molar-refractivity contribution in [2.45, 2.75) is 45.1 Å². The third kappa shape index (κ3) is 4.61. The zero-order valence-corrected chi connectivity index (χ0v) is 17.6. The second-order valence-electron chi connectivity index (χ2n) is 8.24. The smallest absolute Gasteiger partial charge is 0.399 e. The Balaban J connectivity index is 1.66. The summed E-state index contributed by atoms with van der Waals surface area (Å²) in [5.41, 5.74) is 0.814. The van der Waals surface area contributed by atoms with Gasteiger partial charge in [-0.1, -0.05) is 12.1 Å². The SMILES string of the molecule is CC1(C)OB(c2ccc(N3CCS(=O)(=NC(=O)C(F)(F)F)CC3)cc2)OC1(C)C. The van der Waals surface area contributed by atoms with Gasteiger partial charge in [0.15, 0.2) is 0 Å². The lowest BCUT2D eigenvalue weighted by Gasteiger charge is -2.32. The highest BCUT2D eigenvalue weighted by Gasteiger charge is 2.51. The standard InChI is InChI=1S/C18H24BF3N2O4S/c1-16(2)17(3,4)28-19(27-16)13-5-7-14(8-6-13)24-9-11-29(26,12-10-24)23-15(25)18(20,21)22/h5-8H,9-12H2,1-4H3. The van der Waals surface area contributed by atoms with Crippen molar-refractivity contribution in [1.82, 2.24) is 0 Å². The van der Waals surface area contributed by atoms with E-state index in [1.54, 1.807) is 0 Å². The van der Waals surface area contributed by atoms with Crippen molar-refractivity contribution in [3.05, 3.63) is 24.3 Å². The molecule has 1 amide bonds. The van der Waals surface area contributed by atoms with Crippen LogP contribution in [0.25, 0.3) is 0 Å². The maximum Gasteiger partial charge on any atom is 0.494 e. The quantitative estimate of drug-likeness (QED) is 0.672. The molecule has 0 spiro atoms. The van der Waals surface area contributed by atoms with Crippen LogP contribution in [0.4, 0.5) is 18.9 Å². The molecule has 0 aliphatic carbocycles. The predicted octanol–water partition coefficient (Wildman–Crippen LogP) is 2.36. The summed E-state index contributed by atoms with van der Waals surface area (Å²) in [6.45, 7) is 8.40. The molecule has 0 atom stereocenters. The molecule has 3 rings (SSSR count). The van der Waals surface area contributed by atoms with Gasteiger partial charge in [0, 0.05) is 30.3 Å². The van der Waals surface area contributed by atoms with Crippen LogP contribution in [-0.2, 0) is 23.8 Å². The summed E-state index contributed by atoms with van der Waals surface area (Å²) in [6, 6.07) is 7.49. The molecule has 11 heteroatoms. The van der Waals surface area contributed by atoms with E-state index < -0.39 is 40.1 Å². The lowest BCUT2D eigenvalue weighted by molar-refractivity contribution is -0.169. The van der Waals surface area contributed by atoms with E-state index >= 15 is 0 Å². The van der Waals surface area contributed by atoms with Crippen LogP contribution in [0.5, 0.6) is 0 Å². The van der Waals surface area contributed by atoms with Crippen LogP contribution in [0.1, 0.15) is 27.7 Å². The van der Waals surface area contributed by atoms with Crippen LogP contribution in [0, 0.1) is 0 Å². The van der Waals surface area contributed by atoms with E-state index in [0.717, 1.165) is 11.2 Å². The minimum absolute atomic E-state index is 0.0895. The van der Waals surface area contributed by atoms with Crippen molar-refractivity contribution < 1.29 is 31.5 Å². The first-order chi connectivity index (χ1) is 13.2. The lowest BCUT2D eigenvalue weighted by atomic mass is 9.79. The second kappa shape index (κ2) is 7.28. The molecule has 1 aromatic carbocycles. The Bertz CT molecular complexity index is 879. The first-order valence-corrected chi connectivity index (χ1v) is 11.1. The van der Waals surface area contributed by atoms with Crippen molar-refractivity contribution in [2.24, 2.45) is 4.36 Å². The number of hydrogen-bond acceptors (Lipinski definition) is 5. The number of carbonyl (C=O) groups excluding carboxylic acids is 1. The van der Waals surface area contributed by atoms with Crippen molar-refractivity contribution in [3.63, 3.8) is 0 Å². The molecule has 0 bridgehead atoms. The number of benzene rings is 1. The summed E-state index contributed by atoms with van der Waals surface area (Å²) in [7, 11) is -3.67. The molecule has 0 radical (unpaired) electrons.